The maximum Gasteiger partial charge on any atom is 0.414 e. The fourth-order valence-electron chi connectivity index (χ4n) is 3.55. The molecule has 2 rings (SSSR count). The third-order valence-corrected chi connectivity index (χ3v) is 5.61. The van der Waals surface area contributed by atoms with Gasteiger partial charge in [0.1, 0.15) is 5.75 Å². The highest BCUT2D eigenvalue weighted by molar-refractivity contribution is 6.30. The van der Waals surface area contributed by atoms with Crippen LogP contribution in [0.25, 0.3) is 0 Å². The van der Waals surface area contributed by atoms with Gasteiger partial charge in [0.25, 0.3) is 0 Å². The smallest absolute Gasteiger partial charge is 0.410 e. The number of nitrogens with zero attached hydrogens (tertiary/aromatic N) is 2. The van der Waals surface area contributed by atoms with Gasteiger partial charge in [0.05, 0.1) is 0 Å². The number of likely N-dealkylation sites (N-methyl/N-ethyl adjacent to an activating group) is 1. The van der Waals surface area contributed by atoms with Crippen LogP contribution >= 0.6 is 11.6 Å². The Morgan fingerprint density at radius 1 is 1.18 bits per heavy atom. The van der Waals surface area contributed by atoms with Crippen LogP contribution in [0.15, 0.2) is 49.1 Å². The quantitative estimate of drug-likeness (QED) is 0.499. The van der Waals surface area contributed by atoms with Gasteiger partial charge in [-0.25, -0.2) is 4.79 Å². The van der Waals surface area contributed by atoms with Crippen LogP contribution < -0.4 is 4.74 Å². The fourth-order valence-corrected chi connectivity index (χ4v) is 3.67. The van der Waals surface area contributed by atoms with Crippen LogP contribution in [0.5, 0.6) is 5.75 Å². The summed E-state index contributed by atoms with van der Waals surface area (Å²) in [5.41, 5.74) is 0. The Morgan fingerprint density at radius 3 is 2.50 bits per heavy atom. The maximum absolute atomic E-state index is 12.2. The van der Waals surface area contributed by atoms with E-state index in [-0.39, 0.29) is 6.09 Å². The first kappa shape index (κ1) is 22.5. The van der Waals surface area contributed by atoms with Crippen LogP contribution in [0.2, 0.25) is 5.02 Å². The van der Waals surface area contributed by atoms with E-state index in [4.69, 9.17) is 16.3 Å². The molecule has 0 N–H and O–H groups in total. The van der Waals surface area contributed by atoms with Crippen molar-refractivity contribution < 1.29 is 9.53 Å². The molecule has 0 spiro atoms. The number of halogens is 1. The van der Waals surface area contributed by atoms with E-state index in [0.29, 0.717) is 22.6 Å². The zero-order chi connectivity index (χ0) is 20.4. The van der Waals surface area contributed by atoms with Gasteiger partial charge in [-0.3, -0.25) is 4.90 Å². The van der Waals surface area contributed by atoms with Gasteiger partial charge in [-0.05, 0) is 75.3 Å². The first-order valence-corrected chi connectivity index (χ1v) is 10.5. The minimum atomic E-state index is -0.317. The number of hydrogen-bond donors (Lipinski definition) is 0. The number of amides is 1. The summed E-state index contributed by atoms with van der Waals surface area (Å²) in [7, 11) is 3.91. The highest BCUT2D eigenvalue weighted by atomic mass is 35.5. The molecule has 1 saturated carbocycles. The molecule has 0 aromatic heterocycles. The molecule has 0 bridgehead atoms. The number of ether oxygens (including phenoxy) is 1. The van der Waals surface area contributed by atoms with Crippen LogP contribution in [0, 0.1) is 11.8 Å². The summed E-state index contributed by atoms with van der Waals surface area (Å²) in [5, 5.41) is 0.627. The van der Waals surface area contributed by atoms with Crippen molar-refractivity contribution in [1.82, 2.24) is 9.80 Å². The Hall–Kier alpha value is -1.78. The van der Waals surface area contributed by atoms with Gasteiger partial charge in [0, 0.05) is 31.7 Å². The Kier molecular flexibility index (Phi) is 9.59. The number of carbonyl (C=O) groups excluding carboxylic acids is 1. The third-order valence-electron chi connectivity index (χ3n) is 5.36. The molecular formula is C23H33ClN2O2. The predicted molar refractivity (Wildman–Crippen MR) is 117 cm³/mol. The van der Waals surface area contributed by atoms with E-state index >= 15 is 0 Å². The normalized spacial score (nSPS) is 19.7. The summed E-state index contributed by atoms with van der Waals surface area (Å²) in [6, 6.07) is 6.85. The van der Waals surface area contributed by atoms with Gasteiger partial charge in [0.15, 0.2) is 0 Å². The van der Waals surface area contributed by atoms with E-state index in [1.54, 1.807) is 36.2 Å². The zero-order valence-electron chi connectivity index (χ0n) is 17.1. The Bertz CT molecular complexity index is 637. The first-order chi connectivity index (χ1) is 13.5. The van der Waals surface area contributed by atoms with E-state index in [0.717, 1.165) is 26.1 Å². The molecule has 0 atom stereocenters. The molecule has 5 heteroatoms. The van der Waals surface area contributed by atoms with Crippen LogP contribution in [0.4, 0.5) is 4.79 Å². The molecule has 28 heavy (non-hydrogen) atoms. The summed E-state index contributed by atoms with van der Waals surface area (Å²) in [6.07, 6.45) is 12.3. The van der Waals surface area contributed by atoms with Crippen LogP contribution in [0.3, 0.4) is 0 Å². The van der Waals surface area contributed by atoms with Crippen LogP contribution in [-0.4, -0.2) is 49.6 Å². The standard InChI is InChI=1S/C23H33ClN2O2/c1-4-16-25(2)17-5-6-19-7-9-20(10-8-19)15-18-26(3)23(27)28-22-13-11-21(24)12-14-22/h4-6,11-14,19-20H,1,7-10,15-18H2,2-3H3/b6-5+. The fraction of sp³-hybridized carbons (Fsp3) is 0.522. The lowest BCUT2D eigenvalue weighted by Crippen LogP contribution is -2.32. The second kappa shape index (κ2) is 11.9. The molecule has 1 amide bonds. The molecule has 4 nitrogen and oxygen atoms in total. The van der Waals surface area contributed by atoms with E-state index < -0.39 is 0 Å². The van der Waals surface area contributed by atoms with E-state index in [2.05, 4.69) is 30.7 Å². The van der Waals surface area contributed by atoms with Crippen LogP contribution in [-0.2, 0) is 0 Å². The molecule has 154 valence electrons. The molecule has 1 aromatic rings. The molecular weight excluding hydrogens is 372 g/mol. The minimum absolute atomic E-state index is 0.317. The molecule has 1 aliphatic rings. The van der Waals surface area contributed by atoms with Crippen molar-refractivity contribution in [3.8, 4) is 5.75 Å². The second-order valence-corrected chi connectivity index (χ2v) is 8.19. The van der Waals surface area contributed by atoms with Crippen molar-refractivity contribution in [1.29, 1.82) is 0 Å². The van der Waals surface area contributed by atoms with Crippen molar-refractivity contribution in [3.05, 3.63) is 54.1 Å². The summed E-state index contributed by atoms with van der Waals surface area (Å²) in [6.45, 7) is 6.39. The number of benzene rings is 1. The van der Waals surface area contributed by atoms with Crippen molar-refractivity contribution in [2.45, 2.75) is 32.1 Å². The molecule has 0 aliphatic heterocycles. The number of carbonyl (C=O) groups is 1. The highest BCUT2D eigenvalue weighted by Gasteiger charge is 2.21. The molecule has 0 heterocycles. The molecule has 1 aromatic carbocycles. The van der Waals surface area contributed by atoms with Gasteiger partial charge in [-0.2, -0.15) is 0 Å². The summed E-state index contributed by atoms with van der Waals surface area (Å²) >= 11 is 5.85. The first-order valence-electron chi connectivity index (χ1n) is 10.1. The lowest BCUT2D eigenvalue weighted by Gasteiger charge is -2.28. The lowest BCUT2D eigenvalue weighted by atomic mass is 9.80. The van der Waals surface area contributed by atoms with E-state index in [1.165, 1.54) is 25.7 Å². The van der Waals surface area contributed by atoms with Gasteiger partial charge >= 0.3 is 6.09 Å². The van der Waals surface area contributed by atoms with Gasteiger partial charge in [-0.15, -0.1) is 6.58 Å². The average Bonchev–Trinajstić information content (AvgIpc) is 2.69. The maximum atomic E-state index is 12.2. The summed E-state index contributed by atoms with van der Waals surface area (Å²) in [4.78, 5) is 16.1. The van der Waals surface area contributed by atoms with Gasteiger partial charge in [0.2, 0.25) is 0 Å². The van der Waals surface area contributed by atoms with Gasteiger partial charge in [-0.1, -0.05) is 29.8 Å². The molecule has 1 aliphatic carbocycles. The van der Waals surface area contributed by atoms with Crippen molar-refractivity contribution in [2.24, 2.45) is 11.8 Å². The number of rotatable bonds is 9. The van der Waals surface area contributed by atoms with Gasteiger partial charge < -0.3 is 9.64 Å². The van der Waals surface area contributed by atoms with Crippen molar-refractivity contribution >= 4 is 17.7 Å². The largest absolute Gasteiger partial charge is 0.414 e. The topological polar surface area (TPSA) is 32.8 Å². The highest BCUT2D eigenvalue weighted by Crippen LogP contribution is 2.31. The molecule has 1 fully saturated rings. The van der Waals surface area contributed by atoms with Crippen molar-refractivity contribution in [2.75, 3.05) is 33.7 Å². The average molecular weight is 405 g/mol. The molecule has 0 unspecified atom stereocenters. The van der Waals surface area contributed by atoms with E-state index in [1.807, 2.05) is 6.08 Å². The lowest BCUT2D eigenvalue weighted by molar-refractivity contribution is 0.157. The number of allylic oxidation sites excluding steroid dienone is 1. The Labute approximate surface area is 174 Å². The second-order valence-electron chi connectivity index (χ2n) is 7.75. The third kappa shape index (κ3) is 8.07. The minimum Gasteiger partial charge on any atom is -0.410 e. The predicted octanol–water partition coefficient (Wildman–Crippen LogP) is 5.64. The SMILES string of the molecule is C=CCN(C)C/C=C/C1CCC(CCN(C)C(=O)Oc2ccc(Cl)cc2)CC1. The zero-order valence-corrected chi connectivity index (χ0v) is 17.9. The van der Waals surface area contributed by atoms with Crippen LogP contribution in [0.1, 0.15) is 32.1 Å². The summed E-state index contributed by atoms with van der Waals surface area (Å²) in [5.74, 6) is 1.91. The van der Waals surface area contributed by atoms with Crippen molar-refractivity contribution in [3.63, 3.8) is 0 Å². The number of hydrogen-bond acceptors (Lipinski definition) is 3. The summed E-state index contributed by atoms with van der Waals surface area (Å²) < 4.78 is 5.38. The molecule has 0 radical (unpaired) electrons. The Morgan fingerprint density at radius 2 is 1.86 bits per heavy atom. The van der Waals surface area contributed by atoms with E-state index in [9.17, 15) is 4.79 Å². The monoisotopic (exact) mass is 404 g/mol. The Balaban J connectivity index is 1.64. The molecule has 0 saturated heterocycles.